The van der Waals surface area contributed by atoms with Crippen LogP contribution in [0.5, 0.6) is 0 Å². The summed E-state index contributed by atoms with van der Waals surface area (Å²) in [6.45, 7) is 3.31. The number of amides is 1. The fourth-order valence-electron chi connectivity index (χ4n) is 2.18. The smallest absolute Gasteiger partial charge is 0.322 e. The van der Waals surface area contributed by atoms with E-state index in [0.29, 0.717) is 29.3 Å². The summed E-state index contributed by atoms with van der Waals surface area (Å²) < 4.78 is 19.4. The lowest BCUT2D eigenvalue weighted by Crippen LogP contribution is -2.42. The molecule has 128 valence electrons. The van der Waals surface area contributed by atoms with Crippen LogP contribution < -0.4 is 11.1 Å². The number of nitrogens with zero attached hydrogens (tertiary/aromatic N) is 1. The van der Waals surface area contributed by atoms with Gasteiger partial charge >= 0.3 is 5.97 Å². The summed E-state index contributed by atoms with van der Waals surface area (Å²) in [5.41, 5.74) is 6.42. The summed E-state index contributed by atoms with van der Waals surface area (Å²) in [4.78, 5) is 27.0. The molecule has 0 saturated heterocycles. The van der Waals surface area contributed by atoms with Gasteiger partial charge in [0.05, 0.1) is 5.69 Å². The Morgan fingerprint density at radius 3 is 2.75 bits per heavy atom. The molecule has 4 N–H and O–H groups in total. The van der Waals surface area contributed by atoms with Crippen LogP contribution >= 0.6 is 0 Å². The second kappa shape index (κ2) is 7.22. The van der Waals surface area contributed by atoms with Crippen molar-refractivity contribution in [2.75, 3.05) is 6.54 Å². The molecule has 8 heteroatoms. The molecule has 7 nitrogen and oxygen atoms in total. The van der Waals surface area contributed by atoms with E-state index in [2.05, 4.69) is 10.3 Å². The van der Waals surface area contributed by atoms with Crippen LogP contribution in [-0.2, 0) is 11.2 Å². The molecule has 1 atom stereocenters. The first kappa shape index (κ1) is 17.6. The average molecular weight is 335 g/mol. The second-order valence-electron chi connectivity index (χ2n) is 5.25. The van der Waals surface area contributed by atoms with Crippen molar-refractivity contribution in [3.63, 3.8) is 0 Å². The first-order chi connectivity index (χ1) is 11.3. The highest BCUT2D eigenvalue weighted by Gasteiger charge is 2.17. The quantitative estimate of drug-likeness (QED) is 0.736. The number of aliphatic carboxylic acids is 1. The number of nitrogens with two attached hydrogens (primary N) is 1. The fraction of sp³-hybridized carbons (Fsp3) is 0.312. The largest absolute Gasteiger partial charge is 0.480 e. The average Bonchev–Trinajstić information content (AvgIpc) is 2.92. The standard InChI is InChI=1S/C16H18FN3O4/c1-3-13-14(24-8(2)20-13)9-4-10(6-11(17)5-9)15(21)19-7-12(18)16(22)23/h4-6,12H,3,7,18H2,1-2H3,(H,19,21)(H,22,23)/t12-/m1/s1. The normalized spacial score (nSPS) is 12.0. The van der Waals surface area contributed by atoms with E-state index in [1.54, 1.807) is 6.92 Å². The molecule has 2 aromatic rings. The summed E-state index contributed by atoms with van der Waals surface area (Å²) in [7, 11) is 0. The zero-order valence-corrected chi connectivity index (χ0v) is 13.3. The Balaban J connectivity index is 2.28. The Labute approximate surface area is 137 Å². The van der Waals surface area contributed by atoms with E-state index < -0.39 is 23.7 Å². The van der Waals surface area contributed by atoms with Gasteiger partial charge in [-0.05, 0) is 24.6 Å². The van der Waals surface area contributed by atoms with Crippen LogP contribution in [0, 0.1) is 12.7 Å². The van der Waals surface area contributed by atoms with Crippen LogP contribution in [0.4, 0.5) is 4.39 Å². The van der Waals surface area contributed by atoms with Crippen LogP contribution in [0.25, 0.3) is 11.3 Å². The molecule has 24 heavy (non-hydrogen) atoms. The van der Waals surface area contributed by atoms with E-state index >= 15 is 0 Å². The molecular weight excluding hydrogens is 317 g/mol. The summed E-state index contributed by atoms with van der Waals surface area (Å²) in [6, 6.07) is 2.54. The number of oxazole rings is 1. The minimum atomic E-state index is -1.24. The molecule has 0 bridgehead atoms. The number of hydrogen-bond donors (Lipinski definition) is 3. The van der Waals surface area contributed by atoms with Gasteiger partial charge in [0, 0.05) is 24.6 Å². The van der Waals surface area contributed by atoms with E-state index in [1.807, 2.05) is 6.92 Å². The van der Waals surface area contributed by atoms with Gasteiger partial charge in [-0.2, -0.15) is 0 Å². The summed E-state index contributed by atoms with van der Waals surface area (Å²) in [5.74, 6) is -1.62. The molecule has 0 fully saturated rings. The molecule has 1 aromatic carbocycles. The molecule has 0 aliphatic rings. The molecule has 0 aliphatic carbocycles. The molecule has 2 rings (SSSR count). The van der Waals surface area contributed by atoms with Crippen molar-refractivity contribution < 1.29 is 23.5 Å². The van der Waals surface area contributed by atoms with E-state index in [0.717, 1.165) is 6.07 Å². The number of benzene rings is 1. The van der Waals surface area contributed by atoms with E-state index in [-0.39, 0.29) is 12.1 Å². The summed E-state index contributed by atoms with van der Waals surface area (Å²) in [5, 5.41) is 11.1. The predicted molar refractivity (Wildman–Crippen MR) is 84.0 cm³/mol. The molecule has 1 heterocycles. The SMILES string of the molecule is CCc1nc(C)oc1-c1cc(F)cc(C(=O)NC[C@@H](N)C(=O)O)c1. The van der Waals surface area contributed by atoms with Crippen molar-refractivity contribution in [1.82, 2.24) is 10.3 Å². The molecular formula is C16H18FN3O4. The number of carbonyl (C=O) groups is 2. The number of aromatic nitrogens is 1. The maximum atomic E-state index is 13.9. The maximum absolute atomic E-state index is 13.9. The van der Waals surface area contributed by atoms with Gasteiger partial charge in [-0.15, -0.1) is 0 Å². The van der Waals surface area contributed by atoms with Gasteiger partial charge in [-0.3, -0.25) is 9.59 Å². The lowest BCUT2D eigenvalue weighted by molar-refractivity contribution is -0.138. The summed E-state index contributed by atoms with van der Waals surface area (Å²) in [6.07, 6.45) is 0.595. The number of nitrogens with one attached hydrogen (secondary N) is 1. The molecule has 0 radical (unpaired) electrons. The van der Waals surface area contributed by atoms with Gasteiger partial charge in [0.25, 0.3) is 5.91 Å². The van der Waals surface area contributed by atoms with Crippen molar-refractivity contribution in [3.8, 4) is 11.3 Å². The van der Waals surface area contributed by atoms with Crippen LogP contribution in [0.2, 0.25) is 0 Å². The molecule has 0 unspecified atom stereocenters. The minimum Gasteiger partial charge on any atom is -0.480 e. The number of aryl methyl sites for hydroxylation is 2. The number of carbonyl (C=O) groups excluding carboxylic acids is 1. The Morgan fingerprint density at radius 2 is 2.12 bits per heavy atom. The molecule has 1 aromatic heterocycles. The number of rotatable bonds is 6. The zero-order valence-electron chi connectivity index (χ0n) is 13.3. The van der Waals surface area contributed by atoms with Crippen molar-refractivity contribution in [2.45, 2.75) is 26.3 Å². The van der Waals surface area contributed by atoms with E-state index in [4.69, 9.17) is 15.3 Å². The highest BCUT2D eigenvalue weighted by Crippen LogP contribution is 2.27. The third kappa shape index (κ3) is 3.96. The lowest BCUT2D eigenvalue weighted by Gasteiger charge is -2.09. The topological polar surface area (TPSA) is 118 Å². The predicted octanol–water partition coefficient (Wildman–Crippen LogP) is 1.49. The monoisotopic (exact) mass is 335 g/mol. The van der Waals surface area contributed by atoms with Gasteiger partial charge < -0.3 is 20.6 Å². The lowest BCUT2D eigenvalue weighted by atomic mass is 10.1. The highest BCUT2D eigenvalue weighted by molar-refractivity contribution is 5.95. The van der Waals surface area contributed by atoms with Crippen LogP contribution in [0.1, 0.15) is 28.9 Å². The number of carboxylic acid groups (broad SMARTS) is 1. The minimum absolute atomic E-state index is 0.0405. The molecule has 0 aliphatic heterocycles. The van der Waals surface area contributed by atoms with Crippen molar-refractivity contribution in [1.29, 1.82) is 0 Å². The summed E-state index contributed by atoms with van der Waals surface area (Å²) >= 11 is 0. The fourth-order valence-corrected chi connectivity index (χ4v) is 2.18. The Kier molecular flexibility index (Phi) is 5.30. The van der Waals surface area contributed by atoms with Crippen LogP contribution in [0.15, 0.2) is 22.6 Å². The number of halogens is 1. The molecule has 0 saturated carbocycles. The second-order valence-corrected chi connectivity index (χ2v) is 5.25. The Hall–Kier alpha value is -2.74. The molecule has 0 spiro atoms. The highest BCUT2D eigenvalue weighted by atomic mass is 19.1. The Morgan fingerprint density at radius 1 is 1.42 bits per heavy atom. The van der Waals surface area contributed by atoms with Gasteiger partial charge in [-0.1, -0.05) is 6.92 Å². The van der Waals surface area contributed by atoms with Crippen LogP contribution in [0.3, 0.4) is 0 Å². The van der Waals surface area contributed by atoms with E-state index in [9.17, 15) is 14.0 Å². The number of hydrogen-bond acceptors (Lipinski definition) is 5. The van der Waals surface area contributed by atoms with Gasteiger partial charge in [0.15, 0.2) is 11.7 Å². The third-order valence-electron chi connectivity index (χ3n) is 3.36. The Bertz CT molecular complexity index is 773. The zero-order chi connectivity index (χ0) is 17.9. The third-order valence-corrected chi connectivity index (χ3v) is 3.36. The van der Waals surface area contributed by atoms with Crippen molar-refractivity contribution >= 4 is 11.9 Å². The van der Waals surface area contributed by atoms with E-state index in [1.165, 1.54) is 12.1 Å². The first-order valence-electron chi connectivity index (χ1n) is 7.35. The van der Waals surface area contributed by atoms with Crippen molar-refractivity contribution in [2.24, 2.45) is 5.73 Å². The van der Waals surface area contributed by atoms with Crippen molar-refractivity contribution in [3.05, 3.63) is 41.2 Å². The first-order valence-corrected chi connectivity index (χ1v) is 7.35. The van der Waals surface area contributed by atoms with Crippen LogP contribution in [-0.4, -0.2) is 34.6 Å². The molecule has 1 amide bonds. The maximum Gasteiger partial charge on any atom is 0.322 e. The van der Waals surface area contributed by atoms with Gasteiger partial charge in [0.1, 0.15) is 11.9 Å². The van der Waals surface area contributed by atoms with Gasteiger partial charge in [0.2, 0.25) is 0 Å². The number of carboxylic acids is 1. The van der Waals surface area contributed by atoms with Gasteiger partial charge in [-0.25, -0.2) is 9.37 Å².